The van der Waals surface area contributed by atoms with E-state index >= 15 is 0 Å². The van der Waals surface area contributed by atoms with Gasteiger partial charge in [0.2, 0.25) is 0 Å². The predicted octanol–water partition coefficient (Wildman–Crippen LogP) is -1.04. The van der Waals surface area contributed by atoms with E-state index in [-0.39, 0.29) is 5.69 Å². The zero-order valence-corrected chi connectivity index (χ0v) is 6.95. The molecular weight excluding hydrogens is 168 g/mol. The zero-order chi connectivity index (χ0) is 9.42. The summed E-state index contributed by atoms with van der Waals surface area (Å²) in [5, 5.41) is 10.4. The number of aromatic carboxylic acids is 1. The highest BCUT2D eigenvalue weighted by molar-refractivity contribution is 5.85. The van der Waals surface area contributed by atoms with Crippen molar-refractivity contribution >= 4 is 25.0 Å². The van der Waals surface area contributed by atoms with Gasteiger partial charge in [-0.2, -0.15) is 0 Å². The molecular formula is C9H9N2O2+. The second-order valence-electron chi connectivity index (χ2n) is 2.96. The van der Waals surface area contributed by atoms with E-state index < -0.39 is 5.97 Å². The van der Waals surface area contributed by atoms with Crippen LogP contribution in [0, 0.1) is 0 Å². The van der Waals surface area contributed by atoms with Crippen molar-refractivity contribution < 1.29 is 14.5 Å². The summed E-state index contributed by atoms with van der Waals surface area (Å²) >= 11 is 0. The standard InChI is InChI=1S/C9H8N2O2/c1-11-3-2-7-6(5-11)4-8(10-7)9(12)13/h2,4-5,10H,1,3H2/p+1. The largest absolute Gasteiger partial charge is 0.477 e. The monoisotopic (exact) mass is 177 g/mol. The Hall–Kier alpha value is -1.84. The Morgan fingerprint density at radius 3 is 3.15 bits per heavy atom. The van der Waals surface area contributed by atoms with Crippen LogP contribution in [0.5, 0.6) is 0 Å². The molecule has 0 radical (unpaired) electrons. The summed E-state index contributed by atoms with van der Waals surface area (Å²) in [5.41, 5.74) is 0.216. The number of carboxylic acids is 1. The number of carboxylic acid groups (broad SMARTS) is 1. The fourth-order valence-electron chi connectivity index (χ4n) is 1.34. The average Bonchev–Trinajstić information content (AvgIpc) is 2.46. The Balaban J connectivity index is 2.70. The first-order valence-electron chi connectivity index (χ1n) is 3.88. The van der Waals surface area contributed by atoms with Gasteiger partial charge in [-0.15, -0.1) is 0 Å². The SMILES string of the molecule is C=[N+]1C=c2cc(C(=O)O)[nH]c2=CC1. The second-order valence-corrected chi connectivity index (χ2v) is 2.96. The summed E-state index contributed by atoms with van der Waals surface area (Å²) < 4.78 is 1.75. The van der Waals surface area contributed by atoms with Gasteiger partial charge in [-0.05, 0) is 6.07 Å². The summed E-state index contributed by atoms with van der Waals surface area (Å²) in [4.78, 5) is 13.4. The normalized spacial score (nSPS) is 14.3. The average molecular weight is 177 g/mol. The highest BCUT2D eigenvalue weighted by Crippen LogP contribution is 1.88. The number of hydrogen-bond acceptors (Lipinski definition) is 1. The molecule has 0 bridgehead atoms. The van der Waals surface area contributed by atoms with Gasteiger partial charge in [0, 0.05) is 6.08 Å². The van der Waals surface area contributed by atoms with Gasteiger partial charge in [-0.1, -0.05) is 0 Å². The molecule has 0 aromatic carbocycles. The van der Waals surface area contributed by atoms with Crippen molar-refractivity contribution in [2.45, 2.75) is 0 Å². The van der Waals surface area contributed by atoms with E-state index in [9.17, 15) is 4.79 Å². The van der Waals surface area contributed by atoms with Gasteiger partial charge in [0.05, 0.1) is 10.6 Å². The molecule has 0 spiro atoms. The number of carbonyl (C=O) groups is 1. The highest BCUT2D eigenvalue weighted by atomic mass is 16.4. The molecule has 66 valence electrons. The molecule has 0 saturated carbocycles. The molecule has 1 aliphatic rings. The van der Waals surface area contributed by atoms with E-state index in [2.05, 4.69) is 11.7 Å². The predicted molar refractivity (Wildman–Crippen MR) is 48.2 cm³/mol. The van der Waals surface area contributed by atoms with E-state index in [1.807, 2.05) is 12.3 Å². The molecule has 4 heteroatoms. The maximum Gasteiger partial charge on any atom is 0.352 e. The Bertz CT molecular complexity index is 496. The number of fused-ring (bicyclic) bond motifs is 1. The van der Waals surface area contributed by atoms with Crippen LogP contribution in [0.4, 0.5) is 0 Å². The number of nitrogens with one attached hydrogen (secondary N) is 1. The number of hydrogen-bond donors (Lipinski definition) is 2. The number of nitrogens with zero attached hydrogens (tertiary/aromatic N) is 1. The summed E-state index contributed by atoms with van der Waals surface area (Å²) in [6.45, 7) is 4.44. The van der Waals surface area contributed by atoms with Crippen LogP contribution in [-0.2, 0) is 0 Å². The van der Waals surface area contributed by atoms with Crippen LogP contribution in [0.2, 0.25) is 0 Å². The van der Waals surface area contributed by atoms with E-state index in [1.165, 1.54) is 0 Å². The van der Waals surface area contributed by atoms with Crippen molar-refractivity contribution in [3.05, 3.63) is 22.3 Å². The fourth-order valence-corrected chi connectivity index (χ4v) is 1.34. The van der Waals surface area contributed by atoms with E-state index in [4.69, 9.17) is 5.11 Å². The number of H-pyrrole nitrogens is 1. The Labute approximate surface area is 74.1 Å². The first-order valence-corrected chi connectivity index (χ1v) is 3.88. The summed E-state index contributed by atoms with van der Waals surface area (Å²) in [5.74, 6) is -0.938. The smallest absolute Gasteiger partial charge is 0.352 e. The van der Waals surface area contributed by atoms with Crippen molar-refractivity contribution in [3.63, 3.8) is 0 Å². The Morgan fingerprint density at radius 1 is 1.69 bits per heavy atom. The molecule has 1 aliphatic heterocycles. The van der Waals surface area contributed by atoms with Crippen LogP contribution in [0.25, 0.3) is 12.3 Å². The lowest BCUT2D eigenvalue weighted by Gasteiger charge is -1.92. The van der Waals surface area contributed by atoms with Gasteiger partial charge in [-0.25, -0.2) is 9.37 Å². The van der Waals surface area contributed by atoms with E-state index in [0.717, 1.165) is 10.6 Å². The number of aromatic nitrogens is 1. The summed E-state index contributed by atoms with van der Waals surface area (Å²) in [7, 11) is 0. The topological polar surface area (TPSA) is 56.1 Å². The molecule has 2 heterocycles. The number of rotatable bonds is 1. The molecule has 2 rings (SSSR count). The van der Waals surface area contributed by atoms with Crippen molar-refractivity contribution in [1.82, 2.24) is 4.98 Å². The van der Waals surface area contributed by atoms with Crippen molar-refractivity contribution in [3.8, 4) is 0 Å². The van der Waals surface area contributed by atoms with Gasteiger partial charge >= 0.3 is 5.97 Å². The van der Waals surface area contributed by atoms with Gasteiger partial charge in [-0.3, -0.25) is 0 Å². The quantitative estimate of drug-likeness (QED) is 0.538. The van der Waals surface area contributed by atoms with Crippen molar-refractivity contribution in [2.24, 2.45) is 0 Å². The fraction of sp³-hybridized carbons (Fsp3) is 0.111. The molecule has 0 unspecified atom stereocenters. The minimum atomic E-state index is -0.938. The van der Waals surface area contributed by atoms with Gasteiger partial charge < -0.3 is 10.1 Å². The van der Waals surface area contributed by atoms with Crippen LogP contribution in [0.1, 0.15) is 10.5 Å². The first-order chi connectivity index (χ1) is 6.16. The molecule has 2 N–H and O–H groups in total. The third-order valence-electron chi connectivity index (χ3n) is 1.96. The third-order valence-corrected chi connectivity index (χ3v) is 1.96. The summed E-state index contributed by atoms with van der Waals surface area (Å²) in [6, 6.07) is 1.60. The highest BCUT2D eigenvalue weighted by Gasteiger charge is 2.09. The maximum absolute atomic E-state index is 10.6. The minimum Gasteiger partial charge on any atom is -0.477 e. The first kappa shape index (κ1) is 7.79. The third kappa shape index (κ3) is 1.26. The van der Waals surface area contributed by atoms with Crippen LogP contribution in [0.15, 0.2) is 6.07 Å². The second kappa shape index (κ2) is 2.58. The lowest BCUT2D eigenvalue weighted by atomic mass is 10.3. The van der Waals surface area contributed by atoms with E-state index in [0.29, 0.717) is 6.54 Å². The number of aromatic amines is 1. The van der Waals surface area contributed by atoms with E-state index in [1.54, 1.807) is 10.6 Å². The maximum atomic E-state index is 10.6. The lowest BCUT2D eigenvalue weighted by molar-refractivity contribution is -0.395. The van der Waals surface area contributed by atoms with Crippen LogP contribution in [0.3, 0.4) is 0 Å². The zero-order valence-electron chi connectivity index (χ0n) is 6.95. The Morgan fingerprint density at radius 2 is 2.46 bits per heavy atom. The molecule has 1 aromatic rings. The molecule has 0 atom stereocenters. The molecule has 0 amide bonds. The molecule has 4 nitrogen and oxygen atoms in total. The lowest BCUT2D eigenvalue weighted by Crippen LogP contribution is -2.29. The van der Waals surface area contributed by atoms with Crippen LogP contribution < -0.4 is 10.6 Å². The van der Waals surface area contributed by atoms with Gasteiger partial charge in [0.15, 0.2) is 12.7 Å². The molecule has 13 heavy (non-hydrogen) atoms. The van der Waals surface area contributed by atoms with Crippen molar-refractivity contribution in [2.75, 3.05) is 6.54 Å². The van der Waals surface area contributed by atoms with Gasteiger partial charge in [0.25, 0.3) is 0 Å². The summed E-state index contributed by atoms with van der Waals surface area (Å²) in [6.07, 6.45) is 3.73. The minimum absolute atomic E-state index is 0.216. The Kier molecular flexibility index (Phi) is 1.55. The molecule has 0 fully saturated rings. The molecule has 1 aromatic heterocycles. The van der Waals surface area contributed by atoms with Crippen molar-refractivity contribution in [1.29, 1.82) is 0 Å². The van der Waals surface area contributed by atoms with Crippen LogP contribution >= 0.6 is 0 Å². The van der Waals surface area contributed by atoms with Gasteiger partial charge in [0.1, 0.15) is 12.4 Å². The van der Waals surface area contributed by atoms with Crippen LogP contribution in [-0.4, -0.2) is 33.9 Å². The molecule has 0 aliphatic carbocycles. The molecule has 0 saturated heterocycles.